The summed E-state index contributed by atoms with van der Waals surface area (Å²) in [6, 6.07) is 8.90. The number of amides is 1. The summed E-state index contributed by atoms with van der Waals surface area (Å²) in [5.41, 5.74) is 0.966. The van der Waals surface area contributed by atoms with E-state index in [-0.39, 0.29) is 30.7 Å². The van der Waals surface area contributed by atoms with Crippen LogP contribution in [0.1, 0.15) is 12.2 Å². The van der Waals surface area contributed by atoms with E-state index in [0.29, 0.717) is 25.5 Å². The molecule has 0 saturated carbocycles. The highest BCUT2D eigenvalue weighted by molar-refractivity contribution is 5.85. The van der Waals surface area contributed by atoms with Crippen LogP contribution in [0.5, 0.6) is 0 Å². The molecule has 0 radical (unpaired) electrons. The summed E-state index contributed by atoms with van der Waals surface area (Å²) in [7, 11) is 0. The number of nitrogens with one attached hydrogen (secondary N) is 1. The number of nitrogens with zero attached hydrogens (tertiary/aromatic N) is 4. The molecule has 2 aliphatic heterocycles. The lowest BCUT2D eigenvalue weighted by Gasteiger charge is -2.29. The molecule has 26 heavy (non-hydrogen) atoms. The zero-order valence-corrected chi connectivity index (χ0v) is 15.4. The minimum atomic E-state index is -2.81. The molecule has 10 heteroatoms. The molecule has 1 unspecified atom stereocenters. The van der Waals surface area contributed by atoms with E-state index in [2.05, 4.69) is 15.5 Å². The lowest BCUT2D eigenvalue weighted by atomic mass is 10.1. The number of fused-ring (bicyclic) bond motifs is 1. The van der Waals surface area contributed by atoms with Crippen molar-refractivity contribution in [3.8, 4) is 11.4 Å². The fourth-order valence-electron chi connectivity index (χ4n) is 3.26. The van der Waals surface area contributed by atoms with Gasteiger partial charge in [0.05, 0.1) is 19.1 Å². The molecular weight excluding hydrogens is 387 g/mol. The molecule has 1 fully saturated rings. The Bertz CT molecular complexity index is 771. The largest absolute Gasteiger partial charge is 0.332 e. The number of hydrogen-bond donors (Lipinski definition) is 1. The van der Waals surface area contributed by atoms with Crippen LogP contribution in [-0.4, -0.2) is 50.6 Å². The van der Waals surface area contributed by atoms with Crippen molar-refractivity contribution in [1.82, 2.24) is 25.0 Å². The highest BCUT2D eigenvalue weighted by Crippen LogP contribution is 2.27. The molecule has 0 bridgehead atoms. The number of carbonyl (C=O) groups excluding carboxylic acids is 1. The van der Waals surface area contributed by atoms with Crippen LogP contribution < -0.4 is 5.32 Å². The van der Waals surface area contributed by atoms with E-state index in [9.17, 15) is 13.6 Å². The van der Waals surface area contributed by atoms with Crippen LogP contribution in [0.4, 0.5) is 8.78 Å². The van der Waals surface area contributed by atoms with Crippen molar-refractivity contribution >= 4 is 30.7 Å². The van der Waals surface area contributed by atoms with Crippen molar-refractivity contribution in [2.75, 3.05) is 13.1 Å². The summed E-state index contributed by atoms with van der Waals surface area (Å²) >= 11 is 0. The number of carbonyl (C=O) groups is 1. The highest BCUT2D eigenvalue weighted by Gasteiger charge is 2.44. The van der Waals surface area contributed by atoms with Crippen LogP contribution in [0, 0.1) is 0 Å². The van der Waals surface area contributed by atoms with Gasteiger partial charge >= 0.3 is 0 Å². The molecule has 3 heterocycles. The fourth-order valence-corrected chi connectivity index (χ4v) is 3.26. The number of benzene rings is 1. The van der Waals surface area contributed by atoms with Crippen molar-refractivity contribution < 1.29 is 13.6 Å². The van der Waals surface area contributed by atoms with E-state index in [1.165, 1.54) is 0 Å². The van der Waals surface area contributed by atoms with Crippen molar-refractivity contribution in [1.29, 1.82) is 0 Å². The van der Waals surface area contributed by atoms with Gasteiger partial charge in [-0.2, -0.15) is 0 Å². The van der Waals surface area contributed by atoms with E-state index in [1.807, 2.05) is 34.9 Å². The van der Waals surface area contributed by atoms with Crippen molar-refractivity contribution in [3.05, 3.63) is 36.2 Å². The molecule has 6 nitrogen and oxygen atoms in total. The SMILES string of the molecule is Cl.Cl.O=C(C1CC(F)(F)CN1)N1CCn2c(nnc2-c2ccccc2)C1. The van der Waals surface area contributed by atoms with E-state index < -0.39 is 24.9 Å². The predicted molar refractivity (Wildman–Crippen MR) is 96.7 cm³/mol. The average molecular weight is 406 g/mol. The van der Waals surface area contributed by atoms with Crippen LogP contribution in [0.2, 0.25) is 0 Å². The summed E-state index contributed by atoms with van der Waals surface area (Å²) in [6.45, 7) is 0.878. The van der Waals surface area contributed by atoms with E-state index >= 15 is 0 Å². The van der Waals surface area contributed by atoms with E-state index in [4.69, 9.17) is 0 Å². The maximum atomic E-state index is 13.3. The first kappa shape index (κ1) is 20.5. The summed E-state index contributed by atoms with van der Waals surface area (Å²) in [5.74, 6) is -1.65. The van der Waals surface area contributed by atoms with Crippen LogP contribution in [-0.2, 0) is 17.9 Å². The molecule has 142 valence electrons. The molecule has 0 aliphatic carbocycles. The van der Waals surface area contributed by atoms with E-state index in [0.717, 1.165) is 11.4 Å². The topological polar surface area (TPSA) is 63.1 Å². The smallest absolute Gasteiger partial charge is 0.262 e. The van der Waals surface area contributed by atoms with Gasteiger partial charge < -0.3 is 9.47 Å². The second kappa shape index (κ2) is 7.85. The van der Waals surface area contributed by atoms with Gasteiger partial charge in [-0.15, -0.1) is 35.0 Å². The minimum absolute atomic E-state index is 0. The van der Waals surface area contributed by atoms with Crippen molar-refractivity contribution in [2.45, 2.75) is 31.5 Å². The number of hydrogen-bond acceptors (Lipinski definition) is 4. The summed E-state index contributed by atoms with van der Waals surface area (Å²) in [5, 5.41) is 11.0. The van der Waals surface area contributed by atoms with Crippen molar-refractivity contribution in [2.24, 2.45) is 0 Å². The third kappa shape index (κ3) is 3.82. The lowest BCUT2D eigenvalue weighted by molar-refractivity contribution is -0.135. The Morgan fingerprint density at radius 3 is 2.54 bits per heavy atom. The number of halogens is 4. The number of rotatable bonds is 2. The second-order valence-corrected chi connectivity index (χ2v) is 6.21. The Morgan fingerprint density at radius 2 is 1.88 bits per heavy atom. The summed E-state index contributed by atoms with van der Waals surface area (Å²) in [4.78, 5) is 14.0. The van der Waals surface area contributed by atoms with Gasteiger partial charge in [0.15, 0.2) is 11.6 Å². The molecule has 1 saturated heterocycles. The first-order valence-electron chi connectivity index (χ1n) is 7.91. The van der Waals surface area contributed by atoms with Gasteiger partial charge in [0.25, 0.3) is 5.92 Å². The first-order valence-corrected chi connectivity index (χ1v) is 7.91. The average Bonchev–Trinajstić information content (AvgIpc) is 3.17. The molecule has 1 amide bonds. The van der Waals surface area contributed by atoms with Crippen LogP contribution >= 0.6 is 24.8 Å². The normalized spacial score (nSPS) is 20.7. The third-order valence-corrected chi connectivity index (χ3v) is 4.50. The Morgan fingerprint density at radius 1 is 1.15 bits per heavy atom. The molecular formula is C16H19Cl2F2N5O. The van der Waals surface area contributed by atoms with Gasteiger partial charge in [0, 0.05) is 25.1 Å². The fraction of sp³-hybridized carbons (Fsp3) is 0.438. The van der Waals surface area contributed by atoms with Gasteiger partial charge in [-0.05, 0) is 0 Å². The Hall–Kier alpha value is -1.77. The van der Waals surface area contributed by atoms with Gasteiger partial charge in [-0.25, -0.2) is 8.78 Å². The predicted octanol–water partition coefficient (Wildman–Crippen LogP) is 2.13. The molecule has 0 spiro atoms. The monoisotopic (exact) mass is 405 g/mol. The number of aromatic nitrogens is 3. The second-order valence-electron chi connectivity index (χ2n) is 6.21. The van der Waals surface area contributed by atoms with Crippen LogP contribution in [0.3, 0.4) is 0 Å². The molecule has 2 aromatic rings. The minimum Gasteiger partial charge on any atom is -0.332 e. The zero-order valence-electron chi connectivity index (χ0n) is 13.8. The van der Waals surface area contributed by atoms with Gasteiger partial charge in [0.1, 0.15) is 0 Å². The summed E-state index contributed by atoms with van der Waals surface area (Å²) in [6.07, 6.45) is -0.440. The standard InChI is InChI=1S/C16H17F2N5O.2ClH/c17-16(18)8-12(19-10-16)15(24)22-6-7-23-13(9-22)20-21-14(23)11-4-2-1-3-5-11;;/h1-5,12,19H,6-10H2;2*1H. The van der Waals surface area contributed by atoms with Gasteiger partial charge in [-0.1, -0.05) is 30.3 Å². The maximum Gasteiger partial charge on any atom is 0.262 e. The molecule has 1 N–H and O–H groups in total. The molecule has 4 rings (SSSR count). The van der Waals surface area contributed by atoms with Crippen LogP contribution in [0.15, 0.2) is 30.3 Å². The summed E-state index contributed by atoms with van der Waals surface area (Å²) < 4.78 is 28.6. The van der Waals surface area contributed by atoms with Gasteiger partial charge in [-0.3, -0.25) is 10.1 Å². The van der Waals surface area contributed by atoms with Crippen LogP contribution in [0.25, 0.3) is 11.4 Å². The van der Waals surface area contributed by atoms with E-state index in [1.54, 1.807) is 4.90 Å². The first-order chi connectivity index (χ1) is 11.5. The molecule has 2 aliphatic rings. The molecule has 1 aromatic heterocycles. The Balaban J connectivity index is 0.00000121. The molecule has 1 aromatic carbocycles. The number of alkyl halides is 2. The zero-order chi connectivity index (χ0) is 16.7. The van der Waals surface area contributed by atoms with Gasteiger partial charge in [0.2, 0.25) is 5.91 Å². The maximum absolute atomic E-state index is 13.3. The quantitative estimate of drug-likeness (QED) is 0.830. The Labute approximate surface area is 161 Å². The third-order valence-electron chi connectivity index (χ3n) is 4.50. The lowest BCUT2D eigenvalue weighted by Crippen LogP contribution is -2.46. The Kier molecular flexibility index (Phi) is 6.21. The highest BCUT2D eigenvalue weighted by atomic mass is 35.5. The molecule has 1 atom stereocenters. The van der Waals surface area contributed by atoms with Crippen molar-refractivity contribution in [3.63, 3.8) is 0 Å².